The Hall–Kier alpha value is -2.30. The number of aromatic amines is 1. The van der Waals surface area contributed by atoms with Crippen LogP contribution in [0.1, 0.15) is 40.9 Å². The Labute approximate surface area is 129 Å². The summed E-state index contributed by atoms with van der Waals surface area (Å²) in [7, 11) is 0. The lowest BCUT2D eigenvalue weighted by Gasteiger charge is -2.14. The second-order valence-corrected chi connectivity index (χ2v) is 5.99. The van der Waals surface area contributed by atoms with Crippen molar-refractivity contribution in [1.29, 1.82) is 0 Å². The lowest BCUT2D eigenvalue weighted by molar-refractivity contribution is -0.122. The van der Waals surface area contributed by atoms with Gasteiger partial charge in [-0.1, -0.05) is 11.6 Å². The van der Waals surface area contributed by atoms with Gasteiger partial charge < -0.3 is 15.6 Å². The van der Waals surface area contributed by atoms with Gasteiger partial charge in [0, 0.05) is 17.4 Å². The molecule has 0 saturated carbocycles. The first-order valence-electron chi connectivity index (χ1n) is 7.74. The number of fused-ring (bicyclic) bond motifs is 1. The quantitative estimate of drug-likeness (QED) is 0.795. The molecular weight excluding hydrogens is 278 g/mol. The van der Waals surface area contributed by atoms with E-state index in [9.17, 15) is 9.59 Å². The van der Waals surface area contributed by atoms with Crippen LogP contribution in [0.15, 0.2) is 18.2 Å². The Kier molecular flexibility index (Phi) is 3.88. The maximum absolute atomic E-state index is 12.5. The van der Waals surface area contributed by atoms with Crippen molar-refractivity contribution >= 4 is 22.7 Å². The third-order valence-electron chi connectivity index (χ3n) is 4.28. The van der Waals surface area contributed by atoms with Crippen LogP contribution in [0.5, 0.6) is 0 Å². The van der Waals surface area contributed by atoms with Gasteiger partial charge in [0.05, 0.1) is 0 Å². The van der Waals surface area contributed by atoms with E-state index in [1.165, 1.54) is 0 Å². The molecule has 2 heterocycles. The third kappa shape index (κ3) is 2.71. The van der Waals surface area contributed by atoms with E-state index in [1.54, 1.807) is 0 Å². The Bertz CT molecular complexity index is 733. The molecule has 22 heavy (non-hydrogen) atoms. The van der Waals surface area contributed by atoms with Crippen LogP contribution < -0.4 is 10.6 Å². The summed E-state index contributed by atoms with van der Waals surface area (Å²) in [4.78, 5) is 27.6. The minimum absolute atomic E-state index is 0.0875. The van der Waals surface area contributed by atoms with Crippen molar-refractivity contribution < 1.29 is 9.59 Å². The normalized spacial score (nSPS) is 18.8. The summed E-state index contributed by atoms with van der Waals surface area (Å²) < 4.78 is 0. The molecule has 1 atom stereocenters. The smallest absolute Gasteiger partial charge is 0.268 e. The minimum Gasteiger partial charge on any atom is -0.354 e. The zero-order chi connectivity index (χ0) is 15.7. The molecule has 1 aromatic carbocycles. The van der Waals surface area contributed by atoms with Gasteiger partial charge in [-0.05, 0) is 50.8 Å². The van der Waals surface area contributed by atoms with Crippen molar-refractivity contribution in [3.8, 4) is 0 Å². The van der Waals surface area contributed by atoms with Gasteiger partial charge in [0.1, 0.15) is 11.7 Å². The summed E-state index contributed by atoms with van der Waals surface area (Å²) in [6.45, 7) is 4.65. The lowest BCUT2D eigenvalue weighted by Crippen LogP contribution is -2.45. The first-order valence-corrected chi connectivity index (χ1v) is 7.74. The number of carbonyl (C=O) groups excluding carboxylic acids is 2. The van der Waals surface area contributed by atoms with Crippen molar-refractivity contribution in [2.45, 2.75) is 39.2 Å². The lowest BCUT2D eigenvalue weighted by atomic mass is 10.1. The van der Waals surface area contributed by atoms with Gasteiger partial charge in [0.25, 0.3) is 5.91 Å². The van der Waals surface area contributed by atoms with Gasteiger partial charge in [-0.25, -0.2) is 0 Å². The van der Waals surface area contributed by atoms with Gasteiger partial charge in [-0.15, -0.1) is 0 Å². The van der Waals surface area contributed by atoms with Crippen LogP contribution in [0.3, 0.4) is 0 Å². The molecular formula is C17H21N3O2. The number of aryl methyl sites for hydroxylation is 2. The highest BCUT2D eigenvalue weighted by molar-refractivity contribution is 6.02. The van der Waals surface area contributed by atoms with Gasteiger partial charge in [-0.2, -0.15) is 0 Å². The van der Waals surface area contributed by atoms with Crippen LogP contribution in [0.25, 0.3) is 10.9 Å². The molecule has 1 saturated heterocycles. The second-order valence-electron chi connectivity index (χ2n) is 5.99. The summed E-state index contributed by atoms with van der Waals surface area (Å²) in [6, 6.07) is 5.62. The van der Waals surface area contributed by atoms with E-state index in [-0.39, 0.29) is 11.8 Å². The molecule has 116 valence electrons. The molecule has 2 amide bonds. The van der Waals surface area contributed by atoms with E-state index in [1.807, 2.05) is 26.0 Å². The van der Waals surface area contributed by atoms with E-state index in [2.05, 4.69) is 21.7 Å². The maximum Gasteiger partial charge on any atom is 0.268 e. The summed E-state index contributed by atoms with van der Waals surface area (Å²) >= 11 is 0. The highest BCUT2D eigenvalue weighted by Gasteiger charge is 2.24. The van der Waals surface area contributed by atoms with Crippen LogP contribution in [-0.4, -0.2) is 29.4 Å². The number of aromatic nitrogens is 1. The van der Waals surface area contributed by atoms with E-state index in [0.717, 1.165) is 34.9 Å². The largest absolute Gasteiger partial charge is 0.354 e. The molecule has 5 heteroatoms. The zero-order valence-electron chi connectivity index (χ0n) is 13.0. The molecule has 1 unspecified atom stereocenters. The molecule has 0 bridgehead atoms. The van der Waals surface area contributed by atoms with E-state index < -0.39 is 6.04 Å². The topological polar surface area (TPSA) is 74.0 Å². The molecule has 0 spiro atoms. The van der Waals surface area contributed by atoms with Crippen molar-refractivity contribution in [2.75, 3.05) is 6.54 Å². The number of carbonyl (C=O) groups is 2. The van der Waals surface area contributed by atoms with Crippen LogP contribution in [0.2, 0.25) is 0 Å². The predicted molar refractivity (Wildman–Crippen MR) is 85.9 cm³/mol. The van der Waals surface area contributed by atoms with Gasteiger partial charge in [0.15, 0.2) is 0 Å². The second kappa shape index (κ2) is 5.83. The van der Waals surface area contributed by atoms with Gasteiger partial charge in [0.2, 0.25) is 5.91 Å². The van der Waals surface area contributed by atoms with E-state index in [0.29, 0.717) is 18.7 Å². The zero-order valence-corrected chi connectivity index (χ0v) is 13.0. The Morgan fingerprint density at radius 1 is 1.27 bits per heavy atom. The Morgan fingerprint density at radius 3 is 2.91 bits per heavy atom. The number of hydrogen-bond donors (Lipinski definition) is 3. The number of H-pyrrole nitrogens is 1. The van der Waals surface area contributed by atoms with Gasteiger partial charge in [-0.3, -0.25) is 9.59 Å². The fourth-order valence-electron chi connectivity index (χ4n) is 2.97. The monoisotopic (exact) mass is 299 g/mol. The Balaban J connectivity index is 1.85. The molecule has 3 rings (SSSR count). The van der Waals surface area contributed by atoms with Crippen molar-refractivity contribution in [1.82, 2.24) is 15.6 Å². The van der Waals surface area contributed by atoms with E-state index in [4.69, 9.17) is 0 Å². The summed E-state index contributed by atoms with van der Waals surface area (Å²) in [5, 5.41) is 6.75. The standard InChI is InChI=1S/C17H21N3O2/c1-10-6-7-13-12(9-10)11(2)15(19-13)17(22)20-14-5-3-4-8-18-16(14)21/h6-7,9,14,19H,3-5,8H2,1-2H3,(H,18,21)(H,20,22). The summed E-state index contributed by atoms with van der Waals surface area (Å²) in [5.41, 5.74) is 3.56. The number of benzene rings is 1. The highest BCUT2D eigenvalue weighted by Crippen LogP contribution is 2.23. The molecule has 1 aliphatic heterocycles. The first kappa shape index (κ1) is 14.6. The number of nitrogens with one attached hydrogen (secondary N) is 3. The predicted octanol–water partition coefficient (Wildman–Crippen LogP) is 2.18. The molecule has 2 aromatic rings. The third-order valence-corrected chi connectivity index (χ3v) is 4.28. The molecule has 5 nitrogen and oxygen atoms in total. The molecule has 0 radical (unpaired) electrons. The molecule has 1 aliphatic rings. The van der Waals surface area contributed by atoms with Crippen molar-refractivity contribution in [3.63, 3.8) is 0 Å². The van der Waals surface area contributed by atoms with Crippen LogP contribution in [0, 0.1) is 13.8 Å². The van der Waals surface area contributed by atoms with Crippen LogP contribution in [-0.2, 0) is 4.79 Å². The average Bonchev–Trinajstić information content (AvgIpc) is 2.68. The molecule has 3 N–H and O–H groups in total. The van der Waals surface area contributed by atoms with Crippen molar-refractivity contribution in [3.05, 3.63) is 35.0 Å². The first-order chi connectivity index (χ1) is 10.6. The van der Waals surface area contributed by atoms with E-state index >= 15 is 0 Å². The SMILES string of the molecule is Cc1ccc2[nH]c(C(=O)NC3CCCCNC3=O)c(C)c2c1. The maximum atomic E-state index is 12.5. The van der Waals surface area contributed by atoms with Crippen LogP contribution >= 0.6 is 0 Å². The number of amides is 2. The van der Waals surface area contributed by atoms with Crippen LogP contribution in [0.4, 0.5) is 0 Å². The Morgan fingerprint density at radius 2 is 2.09 bits per heavy atom. The average molecular weight is 299 g/mol. The molecule has 1 aromatic heterocycles. The minimum atomic E-state index is -0.442. The summed E-state index contributed by atoms with van der Waals surface area (Å²) in [6.07, 6.45) is 2.59. The molecule has 1 fully saturated rings. The highest BCUT2D eigenvalue weighted by atomic mass is 16.2. The number of hydrogen-bond acceptors (Lipinski definition) is 2. The number of rotatable bonds is 2. The van der Waals surface area contributed by atoms with Crippen molar-refractivity contribution in [2.24, 2.45) is 0 Å². The molecule has 0 aliphatic carbocycles. The summed E-state index contributed by atoms with van der Waals surface area (Å²) in [5.74, 6) is -0.302. The fourth-order valence-corrected chi connectivity index (χ4v) is 2.97. The van der Waals surface area contributed by atoms with Gasteiger partial charge >= 0.3 is 0 Å². The fraction of sp³-hybridized carbons (Fsp3) is 0.412.